The average molecular weight is 436 g/mol. The summed E-state index contributed by atoms with van der Waals surface area (Å²) in [4.78, 5) is 18.1. The van der Waals surface area contributed by atoms with Gasteiger partial charge in [-0.15, -0.1) is 11.3 Å². The second kappa shape index (κ2) is 9.88. The van der Waals surface area contributed by atoms with E-state index in [0.29, 0.717) is 44.5 Å². The fourth-order valence-corrected chi connectivity index (χ4v) is 4.80. The summed E-state index contributed by atoms with van der Waals surface area (Å²) >= 11 is 7.31. The Hall–Kier alpha value is -1.69. The van der Waals surface area contributed by atoms with Crippen LogP contribution in [0.5, 0.6) is 0 Å². The van der Waals surface area contributed by atoms with Gasteiger partial charge in [0.1, 0.15) is 10.00 Å². The minimum absolute atomic E-state index is 0.0673. The van der Waals surface area contributed by atoms with Gasteiger partial charge in [0.2, 0.25) is 5.91 Å². The zero-order valence-electron chi connectivity index (χ0n) is 16.1. The van der Waals surface area contributed by atoms with Crippen molar-refractivity contribution in [3.63, 3.8) is 0 Å². The Kier molecular flexibility index (Phi) is 7.01. The first kappa shape index (κ1) is 20.6. The molecule has 2 aromatic rings. The fourth-order valence-electron chi connectivity index (χ4n) is 3.32. The maximum absolute atomic E-state index is 12.8. The Morgan fingerprint density at radius 2 is 1.69 bits per heavy atom. The molecular formula is C19H25N5O3S2. The third-order valence-electron chi connectivity index (χ3n) is 4.89. The van der Waals surface area contributed by atoms with Gasteiger partial charge < -0.3 is 14.9 Å². The van der Waals surface area contributed by atoms with E-state index in [4.69, 9.17) is 26.7 Å². The zero-order chi connectivity index (χ0) is 20.1. The lowest BCUT2D eigenvalue weighted by molar-refractivity contribution is -0.128. The van der Waals surface area contributed by atoms with Crippen molar-refractivity contribution in [2.75, 3.05) is 52.6 Å². The average Bonchev–Trinajstić information content (AvgIpc) is 3.17. The highest BCUT2D eigenvalue weighted by Crippen LogP contribution is 2.30. The number of thiazole rings is 1. The van der Waals surface area contributed by atoms with Crippen LogP contribution in [0.3, 0.4) is 0 Å². The van der Waals surface area contributed by atoms with Crippen molar-refractivity contribution in [2.45, 2.75) is 12.3 Å². The number of morpholine rings is 2. The van der Waals surface area contributed by atoms with E-state index in [-0.39, 0.29) is 18.2 Å². The molecule has 0 bridgehead atoms. The number of hydrazine groups is 2. The predicted molar refractivity (Wildman–Crippen MR) is 116 cm³/mol. The van der Waals surface area contributed by atoms with Crippen molar-refractivity contribution in [3.05, 3.63) is 29.3 Å². The molecule has 2 fully saturated rings. The summed E-state index contributed by atoms with van der Waals surface area (Å²) in [6.45, 7) is 5.47. The number of fused-ring (bicyclic) bond motifs is 1. The van der Waals surface area contributed by atoms with Crippen molar-refractivity contribution in [1.29, 1.82) is 0 Å². The van der Waals surface area contributed by atoms with Crippen molar-refractivity contribution in [2.24, 2.45) is 0 Å². The summed E-state index contributed by atoms with van der Waals surface area (Å²) in [6, 6.07) is 7.99. The summed E-state index contributed by atoms with van der Waals surface area (Å²) in [7, 11) is 0. The minimum Gasteiger partial charge on any atom is -0.379 e. The number of benzene rings is 1. The lowest BCUT2D eigenvalue weighted by atomic mass is 10.1. The number of hydrogen-bond donors (Lipinski definition) is 2. The lowest BCUT2D eigenvalue weighted by Gasteiger charge is -2.30. The smallest absolute Gasteiger partial charge is 0.235 e. The molecular weight excluding hydrogens is 410 g/mol. The molecule has 1 atom stereocenters. The summed E-state index contributed by atoms with van der Waals surface area (Å²) in [5.74, 6) is -0.353. The van der Waals surface area contributed by atoms with Crippen LogP contribution in [-0.2, 0) is 14.3 Å². The topological polar surface area (TPSA) is 79.0 Å². The van der Waals surface area contributed by atoms with Crippen LogP contribution in [0.1, 0.15) is 17.3 Å². The van der Waals surface area contributed by atoms with Gasteiger partial charge in [0.05, 0.1) is 42.6 Å². The molecule has 2 N–H and O–H groups in total. The molecule has 1 aromatic carbocycles. The van der Waals surface area contributed by atoms with Gasteiger partial charge >= 0.3 is 0 Å². The Labute approximate surface area is 179 Å². The van der Waals surface area contributed by atoms with E-state index in [2.05, 4.69) is 10.9 Å². The first-order chi connectivity index (χ1) is 14.2. The summed E-state index contributed by atoms with van der Waals surface area (Å²) in [5.41, 5.74) is 7.22. The number of amides is 1. The second-order valence-corrected chi connectivity index (χ2v) is 8.49. The van der Waals surface area contributed by atoms with Gasteiger partial charge in [-0.3, -0.25) is 10.2 Å². The first-order valence-electron chi connectivity index (χ1n) is 9.80. The molecule has 4 rings (SSSR count). The fraction of sp³-hybridized carbons (Fsp3) is 0.526. The van der Waals surface area contributed by atoms with Crippen LogP contribution in [0.2, 0.25) is 0 Å². The highest BCUT2D eigenvalue weighted by molar-refractivity contribution is 7.80. The first-order valence-corrected chi connectivity index (χ1v) is 11.0. The number of aromatic nitrogens is 1. The van der Waals surface area contributed by atoms with Crippen LogP contribution < -0.4 is 10.9 Å². The number of nitrogens with one attached hydrogen (secondary N) is 2. The third kappa shape index (κ3) is 5.47. The third-order valence-corrected chi connectivity index (χ3v) is 6.41. The molecule has 2 aliphatic heterocycles. The van der Waals surface area contributed by atoms with E-state index < -0.39 is 0 Å². The number of ether oxygens (including phenoxy) is 2. The largest absolute Gasteiger partial charge is 0.379 e. The number of hydrogen-bond acceptors (Lipinski definition) is 8. The molecule has 156 valence electrons. The molecule has 29 heavy (non-hydrogen) atoms. The van der Waals surface area contributed by atoms with Crippen molar-refractivity contribution >= 4 is 44.7 Å². The molecule has 8 nitrogen and oxygen atoms in total. The van der Waals surface area contributed by atoms with Crippen LogP contribution in [0.15, 0.2) is 24.3 Å². The Morgan fingerprint density at radius 3 is 2.34 bits per heavy atom. The maximum Gasteiger partial charge on any atom is 0.235 e. The molecule has 3 heterocycles. The van der Waals surface area contributed by atoms with E-state index in [1.807, 2.05) is 34.3 Å². The van der Waals surface area contributed by atoms with Crippen LogP contribution >= 0.6 is 23.6 Å². The molecule has 2 saturated heterocycles. The zero-order valence-corrected chi connectivity index (χ0v) is 17.8. The molecule has 10 heteroatoms. The van der Waals surface area contributed by atoms with Gasteiger partial charge in [-0.1, -0.05) is 24.4 Å². The molecule has 0 radical (unpaired) electrons. The van der Waals surface area contributed by atoms with Gasteiger partial charge in [0, 0.05) is 32.6 Å². The standard InChI is InChI=1S/C19H25N5O3S2/c25-17(21-23-5-9-26-10-6-23)13-14(18(28)22-24-7-11-27-12-8-24)19-20-15-3-1-2-4-16(15)29-19/h1-4,14H,5-13H2,(H,21,25)(H,22,28). The normalized spacial score (nSPS) is 19.7. The Balaban J connectivity index is 1.49. The van der Waals surface area contributed by atoms with Crippen molar-refractivity contribution in [3.8, 4) is 0 Å². The van der Waals surface area contributed by atoms with E-state index in [0.717, 1.165) is 28.3 Å². The Morgan fingerprint density at radius 1 is 1.07 bits per heavy atom. The molecule has 1 unspecified atom stereocenters. The van der Waals surface area contributed by atoms with Crippen LogP contribution in [0, 0.1) is 0 Å². The molecule has 1 aromatic heterocycles. The van der Waals surface area contributed by atoms with Crippen LogP contribution in [0.4, 0.5) is 0 Å². The number of carbonyl (C=O) groups is 1. The second-order valence-electron chi connectivity index (χ2n) is 6.99. The maximum atomic E-state index is 12.8. The minimum atomic E-state index is -0.286. The molecule has 2 aliphatic rings. The number of rotatable bonds is 6. The van der Waals surface area contributed by atoms with E-state index in [1.54, 1.807) is 11.3 Å². The van der Waals surface area contributed by atoms with Gasteiger partial charge in [-0.25, -0.2) is 15.0 Å². The number of para-hydroxylation sites is 1. The Bertz CT molecular complexity index is 816. The van der Waals surface area contributed by atoms with Gasteiger partial charge in [0.25, 0.3) is 0 Å². The van der Waals surface area contributed by atoms with E-state index in [9.17, 15) is 4.79 Å². The summed E-state index contributed by atoms with van der Waals surface area (Å²) in [6.07, 6.45) is 0.243. The molecule has 0 spiro atoms. The lowest BCUT2D eigenvalue weighted by Crippen LogP contribution is -2.51. The SMILES string of the molecule is O=C(CC(C(=S)NN1CCOCC1)c1nc2ccccc2s1)NN1CCOCC1. The number of carbonyl (C=O) groups excluding carboxylic acids is 1. The monoisotopic (exact) mass is 435 g/mol. The molecule has 0 aliphatic carbocycles. The van der Waals surface area contributed by atoms with Gasteiger partial charge in [-0.2, -0.15) is 0 Å². The van der Waals surface area contributed by atoms with Crippen LogP contribution in [-0.4, -0.2) is 78.5 Å². The van der Waals surface area contributed by atoms with E-state index >= 15 is 0 Å². The number of thiocarbonyl (C=S) groups is 1. The van der Waals surface area contributed by atoms with Gasteiger partial charge in [0.15, 0.2) is 0 Å². The number of nitrogens with zero attached hydrogens (tertiary/aromatic N) is 3. The van der Waals surface area contributed by atoms with Crippen LogP contribution in [0.25, 0.3) is 10.2 Å². The van der Waals surface area contributed by atoms with Crippen molar-refractivity contribution in [1.82, 2.24) is 25.9 Å². The predicted octanol–water partition coefficient (Wildman–Crippen LogP) is 1.30. The highest BCUT2D eigenvalue weighted by atomic mass is 32.1. The quantitative estimate of drug-likeness (QED) is 0.658. The molecule has 0 saturated carbocycles. The van der Waals surface area contributed by atoms with Crippen molar-refractivity contribution < 1.29 is 14.3 Å². The van der Waals surface area contributed by atoms with Gasteiger partial charge in [-0.05, 0) is 12.1 Å². The molecule has 1 amide bonds. The summed E-state index contributed by atoms with van der Waals surface area (Å²) in [5, 5.41) is 4.81. The van der Waals surface area contributed by atoms with E-state index in [1.165, 1.54) is 0 Å². The summed E-state index contributed by atoms with van der Waals surface area (Å²) < 4.78 is 11.8. The highest BCUT2D eigenvalue weighted by Gasteiger charge is 2.27.